The van der Waals surface area contributed by atoms with Crippen LogP contribution in [0.25, 0.3) is 10.8 Å². The van der Waals surface area contributed by atoms with E-state index in [0.29, 0.717) is 27.2 Å². The van der Waals surface area contributed by atoms with Gasteiger partial charge in [0.2, 0.25) is 0 Å². The van der Waals surface area contributed by atoms with Crippen LogP contribution in [0.5, 0.6) is 0 Å². The van der Waals surface area contributed by atoms with Crippen LogP contribution in [0.3, 0.4) is 0 Å². The lowest BCUT2D eigenvalue weighted by atomic mass is 10.1. The normalized spacial score (nSPS) is 11.1. The lowest BCUT2D eigenvalue weighted by Gasteiger charge is -2.12. The van der Waals surface area contributed by atoms with E-state index in [9.17, 15) is 14.4 Å². The van der Waals surface area contributed by atoms with Gasteiger partial charge in [-0.25, -0.2) is 9.48 Å². The van der Waals surface area contributed by atoms with Crippen LogP contribution in [0.4, 0.5) is 5.00 Å². The minimum absolute atomic E-state index is 0.171. The number of carbonyl (C=O) groups excluding carboxylic acids is 2. The van der Waals surface area contributed by atoms with Gasteiger partial charge in [0.1, 0.15) is 4.88 Å². The quantitative estimate of drug-likeness (QED) is 0.620. The molecule has 2 heterocycles. The number of carbonyl (C=O) groups is 2. The van der Waals surface area contributed by atoms with Crippen molar-refractivity contribution < 1.29 is 14.3 Å². The Balaban J connectivity index is 1.99. The highest BCUT2D eigenvalue weighted by Crippen LogP contribution is 2.28. The maximum absolute atomic E-state index is 13.0. The summed E-state index contributed by atoms with van der Waals surface area (Å²) in [6, 6.07) is 8.66. The fourth-order valence-corrected chi connectivity index (χ4v) is 3.95. The van der Waals surface area contributed by atoms with Crippen molar-refractivity contribution in [1.29, 1.82) is 0 Å². The van der Waals surface area contributed by atoms with Gasteiger partial charge in [-0.15, -0.1) is 11.3 Å². The summed E-state index contributed by atoms with van der Waals surface area (Å²) >= 11 is 1.15. The van der Waals surface area contributed by atoms with Crippen LogP contribution < -0.4 is 10.9 Å². The first kappa shape index (κ1) is 20.7. The number of aryl methyl sites for hydroxylation is 1. The van der Waals surface area contributed by atoms with Crippen LogP contribution in [0.1, 0.15) is 46.5 Å². The van der Waals surface area contributed by atoms with E-state index in [0.717, 1.165) is 16.9 Å². The van der Waals surface area contributed by atoms with Gasteiger partial charge in [0, 0.05) is 11.9 Å². The molecule has 3 rings (SSSR count). The fourth-order valence-electron chi connectivity index (χ4n) is 2.99. The zero-order valence-electron chi connectivity index (χ0n) is 16.8. The summed E-state index contributed by atoms with van der Waals surface area (Å²) in [4.78, 5) is 38.2. The maximum atomic E-state index is 13.0. The first-order valence-corrected chi connectivity index (χ1v) is 10.2. The van der Waals surface area contributed by atoms with Crippen molar-refractivity contribution in [3.63, 3.8) is 0 Å². The zero-order valence-corrected chi connectivity index (χ0v) is 17.6. The number of fused-ring (bicyclic) bond motifs is 1. The maximum Gasteiger partial charge on any atom is 0.348 e. The van der Waals surface area contributed by atoms with Crippen LogP contribution in [0, 0.1) is 12.8 Å². The molecule has 152 valence electrons. The summed E-state index contributed by atoms with van der Waals surface area (Å²) < 4.78 is 6.38. The number of rotatable bonds is 6. The Kier molecular flexibility index (Phi) is 6.12. The molecule has 1 N–H and O–H groups in total. The number of esters is 1. The molecule has 3 aromatic rings. The highest BCUT2D eigenvalue weighted by molar-refractivity contribution is 7.18. The first-order valence-electron chi connectivity index (χ1n) is 9.40. The molecule has 0 saturated carbocycles. The Hall–Kier alpha value is -3.00. The Bertz CT molecular complexity index is 1130. The van der Waals surface area contributed by atoms with Crippen molar-refractivity contribution in [2.45, 2.75) is 34.2 Å². The molecular weight excluding hydrogens is 390 g/mol. The van der Waals surface area contributed by atoms with Gasteiger partial charge < -0.3 is 10.1 Å². The van der Waals surface area contributed by atoms with Crippen LogP contribution in [0.15, 0.2) is 35.1 Å². The molecule has 8 heteroatoms. The average molecular weight is 413 g/mol. The van der Waals surface area contributed by atoms with E-state index in [1.807, 2.05) is 13.8 Å². The Labute approximate surface area is 172 Å². The number of nitrogens with one attached hydrogen (secondary N) is 1. The number of amides is 1. The van der Waals surface area contributed by atoms with E-state index in [1.54, 1.807) is 44.2 Å². The Morgan fingerprint density at radius 3 is 2.59 bits per heavy atom. The van der Waals surface area contributed by atoms with Gasteiger partial charge >= 0.3 is 5.97 Å². The topological polar surface area (TPSA) is 90.3 Å². The first-order chi connectivity index (χ1) is 13.8. The summed E-state index contributed by atoms with van der Waals surface area (Å²) in [7, 11) is 0. The van der Waals surface area contributed by atoms with Crippen molar-refractivity contribution in [2.75, 3.05) is 11.9 Å². The predicted molar refractivity (Wildman–Crippen MR) is 114 cm³/mol. The standard InChI is InChI=1S/C21H23N3O4S/c1-5-28-21(27)18-13(4)10-16(29-18)22-19(25)17-14-8-6-7-9-15(14)20(26)24(23-17)11-12(2)3/h6-10,12H,5,11H2,1-4H3,(H,22,25). The van der Waals surface area contributed by atoms with Crippen molar-refractivity contribution in [3.05, 3.63) is 56.8 Å². The number of nitrogens with zero attached hydrogens (tertiary/aromatic N) is 2. The monoisotopic (exact) mass is 413 g/mol. The van der Waals surface area contributed by atoms with E-state index in [4.69, 9.17) is 4.74 Å². The van der Waals surface area contributed by atoms with Crippen LogP contribution in [0.2, 0.25) is 0 Å². The molecule has 0 unspecified atom stereocenters. The Morgan fingerprint density at radius 2 is 1.93 bits per heavy atom. The molecule has 0 fully saturated rings. The van der Waals surface area contributed by atoms with Gasteiger partial charge in [0.25, 0.3) is 11.5 Å². The number of thiophene rings is 1. The van der Waals surface area contributed by atoms with E-state index in [2.05, 4.69) is 10.4 Å². The fraction of sp³-hybridized carbons (Fsp3) is 0.333. The van der Waals surface area contributed by atoms with Gasteiger partial charge in [-0.2, -0.15) is 5.10 Å². The number of anilines is 1. The molecule has 7 nitrogen and oxygen atoms in total. The number of aromatic nitrogens is 2. The highest BCUT2D eigenvalue weighted by atomic mass is 32.1. The average Bonchev–Trinajstić information content (AvgIpc) is 3.04. The number of hydrogen-bond donors (Lipinski definition) is 1. The highest BCUT2D eigenvalue weighted by Gasteiger charge is 2.20. The minimum atomic E-state index is -0.435. The second-order valence-corrected chi connectivity index (χ2v) is 8.12. The van der Waals surface area contributed by atoms with Crippen LogP contribution in [-0.4, -0.2) is 28.3 Å². The van der Waals surface area contributed by atoms with E-state index in [1.165, 1.54) is 4.68 Å². The van der Waals surface area contributed by atoms with Gasteiger partial charge in [-0.3, -0.25) is 9.59 Å². The summed E-state index contributed by atoms with van der Waals surface area (Å²) in [5.41, 5.74) is 0.679. The number of ether oxygens (including phenoxy) is 1. The van der Waals surface area contributed by atoms with Crippen molar-refractivity contribution in [2.24, 2.45) is 5.92 Å². The van der Waals surface area contributed by atoms with Crippen LogP contribution >= 0.6 is 11.3 Å². The lowest BCUT2D eigenvalue weighted by Crippen LogP contribution is -2.29. The molecule has 0 saturated heterocycles. The number of benzene rings is 1. The largest absolute Gasteiger partial charge is 0.462 e. The molecule has 0 aliphatic heterocycles. The molecule has 0 aliphatic carbocycles. The summed E-state index contributed by atoms with van der Waals surface area (Å²) in [6.45, 7) is 8.18. The summed E-state index contributed by atoms with van der Waals surface area (Å²) in [5, 5.41) is 8.60. The molecule has 0 bridgehead atoms. The van der Waals surface area contributed by atoms with Gasteiger partial charge in [-0.1, -0.05) is 32.0 Å². The zero-order chi connectivity index (χ0) is 21.1. The second kappa shape index (κ2) is 8.57. The third kappa shape index (κ3) is 4.37. The number of hydrogen-bond acceptors (Lipinski definition) is 6. The molecule has 0 radical (unpaired) electrons. The van der Waals surface area contributed by atoms with E-state index >= 15 is 0 Å². The third-order valence-electron chi connectivity index (χ3n) is 4.24. The van der Waals surface area contributed by atoms with Crippen LogP contribution in [-0.2, 0) is 11.3 Å². The summed E-state index contributed by atoms with van der Waals surface area (Å²) in [5.74, 6) is -0.649. The molecule has 0 aliphatic rings. The predicted octanol–water partition coefficient (Wildman–Crippen LogP) is 3.85. The van der Waals surface area contributed by atoms with Gasteiger partial charge in [0.15, 0.2) is 5.69 Å². The second-order valence-electron chi connectivity index (χ2n) is 7.07. The molecule has 1 amide bonds. The Morgan fingerprint density at radius 1 is 1.24 bits per heavy atom. The SMILES string of the molecule is CCOC(=O)c1sc(NC(=O)c2nn(CC(C)C)c(=O)c3ccccc23)cc1C. The molecule has 0 spiro atoms. The molecule has 0 atom stereocenters. The lowest BCUT2D eigenvalue weighted by molar-refractivity contribution is 0.0531. The molecule has 2 aromatic heterocycles. The van der Waals surface area contributed by atoms with Gasteiger partial charge in [0.05, 0.1) is 17.0 Å². The third-order valence-corrected chi connectivity index (χ3v) is 5.37. The smallest absolute Gasteiger partial charge is 0.348 e. The van der Waals surface area contributed by atoms with Gasteiger partial charge in [-0.05, 0) is 37.5 Å². The van der Waals surface area contributed by atoms with Crippen molar-refractivity contribution in [3.8, 4) is 0 Å². The molecule has 29 heavy (non-hydrogen) atoms. The van der Waals surface area contributed by atoms with E-state index in [-0.39, 0.29) is 23.8 Å². The van der Waals surface area contributed by atoms with Crippen molar-refractivity contribution >= 4 is 39.0 Å². The molecular formula is C21H23N3O4S. The molecule has 1 aromatic carbocycles. The van der Waals surface area contributed by atoms with E-state index < -0.39 is 11.9 Å². The van der Waals surface area contributed by atoms with Crippen molar-refractivity contribution in [1.82, 2.24) is 9.78 Å². The minimum Gasteiger partial charge on any atom is -0.462 e. The summed E-state index contributed by atoms with van der Waals surface area (Å²) in [6.07, 6.45) is 0.